The summed E-state index contributed by atoms with van der Waals surface area (Å²) in [6.07, 6.45) is 2.38. The third-order valence-electron chi connectivity index (χ3n) is 5.23. The first-order valence-corrected chi connectivity index (χ1v) is 10.5. The van der Waals surface area contributed by atoms with Crippen molar-refractivity contribution in [1.82, 2.24) is 5.32 Å². The number of rotatable bonds is 7. The molecular weight excluding hydrogens is 362 g/mol. The van der Waals surface area contributed by atoms with Crippen LogP contribution in [0.5, 0.6) is 0 Å². The Morgan fingerprint density at radius 2 is 1.93 bits per heavy atom. The summed E-state index contributed by atoms with van der Waals surface area (Å²) >= 11 is 1.30. The SMILES string of the molecule is CC(=O)CSc1ccccc1C(=O)O[C@H](C)C(=O)N[C@@H]1CCC[C@@H](C)[C@H]1C. The molecule has 1 aliphatic rings. The molecule has 0 aliphatic heterocycles. The van der Waals surface area contributed by atoms with Crippen LogP contribution in [0.3, 0.4) is 0 Å². The van der Waals surface area contributed by atoms with Crippen LogP contribution in [0, 0.1) is 11.8 Å². The number of hydrogen-bond donors (Lipinski definition) is 1. The maximum atomic E-state index is 12.5. The molecule has 27 heavy (non-hydrogen) atoms. The number of hydrogen-bond acceptors (Lipinski definition) is 5. The maximum absolute atomic E-state index is 12.5. The number of carbonyl (C=O) groups excluding carboxylic acids is 3. The molecule has 0 bridgehead atoms. The summed E-state index contributed by atoms with van der Waals surface area (Å²) < 4.78 is 5.40. The van der Waals surface area contributed by atoms with E-state index in [1.165, 1.54) is 25.1 Å². The Bertz CT molecular complexity index is 691. The summed E-state index contributed by atoms with van der Waals surface area (Å²) in [4.78, 5) is 36.9. The van der Waals surface area contributed by atoms with Gasteiger partial charge < -0.3 is 10.1 Å². The average molecular weight is 392 g/mol. The first kappa shape index (κ1) is 21.5. The van der Waals surface area contributed by atoms with Gasteiger partial charge in [-0.05, 0) is 44.2 Å². The molecule has 0 radical (unpaired) electrons. The van der Waals surface area contributed by atoms with Gasteiger partial charge in [-0.3, -0.25) is 9.59 Å². The summed E-state index contributed by atoms with van der Waals surface area (Å²) in [5.41, 5.74) is 0.378. The highest BCUT2D eigenvalue weighted by Gasteiger charge is 2.30. The number of ether oxygens (including phenoxy) is 1. The third-order valence-corrected chi connectivity index (χ3v) is 6.44. The van der Waals surface area contributed by atoms with E-state index in [1.807, 2.05) is 0 Å². The van der Waals surface area contributed by atoms with E-state index in [1.54, 1.807) is 31.2 Å². The Hall–Kier alpha value is -1.82. The molecule has 1 saturated carbocycles. The maximum Gasteiger partial charge on any atom is 0.340 e. The number of nitrogens with one attached hydrogen (secondary N) is 1. The van der Waals surface area contributed by atoms with Crippen molar-refractivity contribution in [3.63, 3.8) is 0 Å². The van der Waals surface area contributed by atoms with Crippen LogP contribution in [-0.4, -0.2) is 35.6 Å². The van der Waals surface area contributed by atoms with Crippen LogP contribution in [0.25, 0.3) is 0 Å². The molecule has 0 heterocycles. The minimum absolute atomic E-state index is 0.0340. The van der Waals surface area contributed by atoms with E-state index in [0.29, 0.717) is 22.3 Å². The number of amides is 1. The van der Waals surface area contributed by atoms with Crippen LogP contribution >= 0.6 is 11.8 Å². The number of esters is 1. The van der Waals surface area contributed by atoms with Crippen molar-refractivity contribution in [1.29, 1.82) is 0 Å². The van der Waals surface area contributed by atoms with E-state index >= 15 is 0 Å². The molecular formula is C21H29NO4S. The molecule has 1 fully saturated rings. The molecule has 1 amide bonds. The third kappa shape index (κ3) is 6.09. The summed E-state index contributed by atoms with van der Waals surface area (Å²) in [6, 6.07) is 7.10. The second-order valence-electron chi connectivity index (χ2n) is 7.42. The summed E-state index contributed by atoms with van der Waals surface area (Å²) in [7, 11) is 0. The highest BCUT2D eigenvalue weighted by Crippen LogP contribution is 2.29. The number of Topliss-reactive ketones (excluding diaryl/α,β-unsaturated/α-hetero) is 1. The van der Waals surface area contributed by atoms with Crippen LogP contribution in [0.2, 0.25) is 0 Å². The first-order valence-electron chi connectivity index (χ1n) is 9.52. The molecule has 148 valence electrons. The van der Waals surface area contributed by atoms with E-state index < -0.39 is 12.1 Å². The molecule has 0 unspecified atom stereocenters. The molecule has 1 aromatic rings. The van der Waals surface area contributed by atoms with Gasteiger partial charge in [0.1, 0.15) is 5.78 Å². The monoisotopic (exact) mass is 391 g/mol. The lowest BCUT2D eigenvalue weighted by atomic mass is 9.78. The number of thioether (sulfide) groups is 1. The normalized spacial score (nSPS) is 23.3. The van der Waals surface area contributed by atoms with Crippen LogP contribution in [0.15, 0.2) is 29.2 Å². The number of carbonyl (C=O) groups is 3. The largest absolute Gasteiger partial charge is 0.449 e. The molecule has 6 heteroatoms. The molecule has 0 spiro atoms. The van der Waals surface area contributed by atoms with Gasteiger partial charge >= 0.3 is 5.97 Å². The highest BCUT2D eigenvalue weighted by molar-refractivity contribution is 8.00. The number of ketones is 1. The van der Waals surface area contributed by atoms with E-state index in [-0.39, 0.29) is 23.5 Å². The van der Waals surface area contributed by atoms with Gasteiger partial charge in [0.2, 0.25) is 0 Å². The van der Waals surface area contributed by atoms with Crippen molar-refractivity contribution in [2.45, 2.75) is 64.0 Å². The Balaban J connectivity index is 1.96. The van der Waals surface area contributed by atoms with Crippen LogP contribution in [-0.2, 0) is 14.3 Å². The lowest BCUT2D eigenvalue weighted by molar-refractivity contribution is -0.130. The molecule has 5 nitrogen and oxygen atoms in total. The topological polar surface area (TPSA) is 72.5 Å². The fraction of sp³-hybridized carbons (Fsp3) is 0.571. The summed E-state index contributed by atoms with van der Waals surface area (Å²) in [5.74, 6) is 0.503. The van der Waals surface area contributed by atoms with Crippen molar-refractivity contribution in [3.05, 3.63) is 29.8 Å². The Morgan fingerprint density at radius 1 is 1.22 bits per heavy atom. The minimum Gasteiger partial charge on any atom is -0.449 e. The standard InChI is InChI=1S/C21H29NO4S/c1-13-8-7-10-18(15(13)3)22-20(24)16(4)26-21(25)17-9-5-6-11-19(17)27-12-14(2)23/h5-6,9,11,13,15-16,18H,7-8,10,12H2,1-4H3,(H,22,24)/t13-,15-,16-,18-/m1/s1. The van der Waals surface area contributed by atoms with Gasteiger partial charge in [-0.2, -0.15) is 0 Å². The minimum atomic E-state index is -0.868. The van der Waals surface area contributed by atoms with Gasteiger partial charge in [0.25, 0.3) is 5.91 Å². The zero-order valence-electron chi connectivity index (χ0n) is 16.5. The Kier molecular flexibility index (Phi) is 7.90. The van der Waals surface area contributed by atoms with Crippen LogP contribution in [0.1, 0.15) is 57.3 Å². The van der Waals surface area contributed by atoms with Crippen molar-refractivity contribution in [2.24, 2.45) is 11.8 Å². The zero-order valence-corrected chi connectivity index (χ0v) is 17.3. The van der Waals surface area contributed by atoms with Crippen molar-refractivity contribution in [3.8, 4) is 0 Å². The van der Waals surface area contributed by atoms with Gasteiger partial charge in [0, 0.05) is 10.9 Å². The van der Waals surface area contributed by atoms with E-state index in [2.05, 4.69) is 19.2 Å². The van der Waals surface area contributed by atoms with Crippen LogP contribution in [0.4, 0.5) is 0 Å². The van der Waals surface area contributed by atoms with Gasteiger partial charge in [-0.15, -0.1) is 11.8 Å². The molecule has 1 N–H and O–H groups in total. The van der Waals surface area contributed by atoms with Gasteiger partial charge in [-0.1, -0.05) is 38.8 Å². The molecule has 4 atom stereocenters. The molecule has 1 aromatic carbocycles. The highest BCUT2D eigenvalue weighted by atomic mass is 32.2. The smallest absolute Gasteiger partial charge is 0.340 e. The van der Waals surface area contributed by atoms with Crippen molar-refractivity contribution >= 4 is 29.4 Å². The quantitative estimate of drug-likeness (QED) is 0.564. The van der Waals surface area contributed by atoms with E-state index in [0.717, 1.165) is 12.8 Å². The van der Waals surface area contributed by atoms with Gasteiger partial charge in [0.15, 0.2) is 6.10 Å². The average Bonchev–Trinajstić information content (AvgIpc) is 2.63. The van der Waals surface area contributed by atoms with Crippen molar-refractivity contribution < 1.29 is 19.1 Å². The Morgan fingerprint density at radius 3 is 2.63 bits per heavy atom. The van der Waals surface area contributed by atoms with Gasteiger partial charge in [-0.25, -0.2) is 4.79 Å². The van der Waals surface area contributed by atoms with Crippen molar-refractivity contribution in [2.75, 3.05) is 5.75 Å². The second-order valence-corrected chi connectivity index (χ2v) is 8.43. The lowest BCUT2D eigenvalue weighted by Gasteiger charge is -2.35. The first-order chi connectivity index (χ1) is 12.8. The summed E-state index contributed by atoms with van der Waals surface area (Å²) in [6.45, 7) is 7.47. The second kappa shape index (κ2) is 9.93. The summed E-state index contributed by atoms with van der Waals surface area (Å²) in [5, 5.41) is 3.04. The molecule has 0 aromatic heterocycles. The van der Waals surface area contributed by atoms with Crippen LogP contribution < -0.4 is 5.32 Å². The Labute approximate surface area is 165 Å². The number of benzene rings is 1. The fourth-order valence-corrected chi connectivity index (χ4v) is 4.14. The molecule has 2 rings (SSSR count). The molecule has 1 aliphatic carbocycles. The molecule has 0 saturated heterocycles. The fourth-order valence-electron chi connectivity index (χ4n) is 3.30. The van der Waals surface area contributed by atoms with E-state index in [9.17, 15) is 14.4 Å². The van der Waals surface area contributed by atoms with E-state index in [4.69, 9.17) is 4.74 Å². The lowest BCUT2D eigenvalue weighted by Crippen LogP contribution is -2.47. The predicted octanol–water partition coefficient (Wildman–Crippen LogP) is 3.85. The zero-order chi connectivity index (χ0) is 20.0. The predicted molar refractivity (Wildman–Crippen MR) is 107 cm³/mol. The van der Waals surface area contributed by atoms with Gasteiger partial charge in [0.05, 0.1) is 11.3 Å².